The fourth-order valence-electron chi connectivity index (χ4n) is 2.20. The molecule has 0 radical (unpaired) electrons. The lowest BCUT2D eigenvalue weighted by Gasteiger charge is -2.12. The summed E-state index contributed by atoms with van der Waals surface area (Å²) >= 11 is 25.4. The van der Waals surface area contributed by atoms with Crippen LogP contribution in [0, 0.1) is 0 Å². The molecule has 0 atom stereocenters. The Bertz CT molecular complexity index is 755. The molecule has 0 aliphatic heterocycles. The van der Waals surface area contributed by atoms with Gasteiger partial charge in [-0.25, -0.2) is 0 Å². The average Bonchev–Trinajstić information content (AvgIpc) is 2.66. The van der Waals surface area contributed by atoms with E-state index in [2.05, 4.69) is 12.1 Å². The molecule has 0 aliphatic rings. The van der Waals surface area contributed by atoms with Gasteiger partial charge >= 0.3 is 0 Å². The van der Waals surface area contributed by atoms with E-state index in [0.717, 1.165) is 24.3 Å². The summed E-state index contributed by atoms with van der Waals surface area (Å²) in [4.78, 5) is 1.22. The Morgan fingerprint density at radius 1 is 0.964 bits per heavy atom. The molecule has 152 valence electrons. The number of thioether (sulfide) groups is 1. The van der Waals surface area contributed by atoms with Gasteiger partial charge in [0.1, 0.15) is 22.6 Å². The first-order valence-electron chi connectivity index (χ1n) is 8.52. The van der Waals surface area contributed by atoms with Crippen LogP contribution in [0.4, 0.5) is 0 Å². The van der Waals surface area contributed by atoms with E-state index in [1.54, 1.807) is 31.0 Å². The first-order chi connectivity index (χ1) is 13.5. The van der Waals surface area contributed by atoms with Crippen LogP contribution in [-0.4, -0.2) is 26.1 Å². The molecular formula is C20H20Cl4O3S. The first-order valence-corrected chi connectivity index (χ1v) is 11.0. The summed E-state index contributed by atoms with van der Waals surface area (Å²) in [6, 6.07) is 11.3. The second-order valence-electron chi connectivity index (χ2n) is 5.60. The van der Waals surface area contributed by atoms with Crippen molar-refractivity contribution >= 4 is 58.2 Å². The third-order valence-corrected chi connectivity index (χ3v) is 5.54. The van der Waals surface area contributed by atoms with E-state index in [0.29, 0.717) is 28.2 Å². The third kappa shape index (κ3) is 8.22. The largest absolute Gasteiger partial charge is 0.497 e. The molecule has 0 N–H and O–H groups in total. The lowest BCUT2D eigenvalue weighted by Crippen LogP contribution is -2.00. The number of hydrogen-bond acceptors (Lipinski definition) is 4. The van der Waals surface area contributed by atoms with E-state index < -0.39 is 0 Å². The molecule has 0 unspecified atom stereocenters. The van der Waals surface area contributed by atoms with E-state index in [-0.39, 0.29) is 11.1 Å². The molecule has 2 rings (SSSR count). The Hall–Kier alpha value is -0.910. The van der Waals surface area contributed by atoms with Crippen LogP contribution in [-0.2, 0) is 0 Å². The quantitative estimate of drug-likeness (QED) is 0.243. The van der Waals surface area contributed by atoms with Crippen molar-refractivity contribution in [2.75, 3.05) is 26.1 Å². The Balaban J connectivity index is 1.72. The number of halogens is 4. The van der Waals surface area contributed by atoms with Crippen molar-refractivity contribution in [2.45, 2.75) is 17.7 Å². The van der Waals surface area contributed by atoms with Crippen molar-refractivity contribution in [3.8, 4) is 17.2 Å². The van der Waals surface area contributed by atoms with Gasteiger partial charge in [-0.2, -0.15) is 0 Å². The van der Waals surface area contributed by atoms with E-state index in [4.69, 9.17) is 60.6 Å². The van der Waals surface area contributed by atoms with Crippen molar-refractivity contribution in [3.63, 3.8) is 0 Å². The van der Waals surface area contributed by atoms with Crippen molar-refractivity contribution in [3.05, 3.63) is 57.0 Å². The van der Waals surface area contributed by atoms with Crippen molar-refractivity contribution in [1.82, 2.24) is 0 Å². The SMILES string of the molecule is COc1ccc(SCCCCOc2c(Cl)cc(OCC=C(Cl)Cl)cc2Cl)cc1. The van der Waals surface area contributed by atoms with E-state index in [1.165, 1.54) is 11.0 Å². The highest BCUT2D eigenvalue weighted by Crippen LogP contribution is 2.37. The Morgan fingerprint density at radius 2 is 1.64 bits per heavy atom. The molecule has 8 heteroatoms. The number of rotatable bonds is 11. The molecule has 0 spiro atoms. The van der Waals surface area contributed by atoms with Gasteiger partial charge in [-0.1, -0.05) is 46.4 Å². The predicted octanol–water partition coefficient (Wildman–Crippen LogP) is 7.65. The highest BCUT2D eigenvalue weighted by Gasteiger charge is 2.10. The van der Waals surface area contributed by atoms with Crippen molar-refractivity contribution in [2.24, 2.45) is 0 Å². The monoisotopic (exact) mass is 480 g/mol. The normalized spacial score (nSPS) is 10.5. The first kappa shape index (κ1) is 23.4. The molecule has 0 saturated carbocycles. The smallest absolute Gasteiger partial charge is 0.156 e. The maximum Gasteiger partial charge on any atom is 0.156 e. The fraction of sp³-hybridized carbons (Fsp3) is 0.300. The minimum absolute atomic E-state index is 0.141. The molecule has 0 bridgehead atoms. The van der Waals surface area contributed by atoms with Gasteiger partial charge in [0.05, 0.1) is 23.8 Å². The van der Waals surface area contributed by atoms with Crippen LogP contribution in [0.3, 0.4) is 0 Å². The molecule has 2 aromatic carbocycles. The van der Waals surface area contributed by atoms with Crippen molar-refractivity contribution in [1.29, 1.82) is 0 Å². The van der Waals surface area contributed by atoms with Crippen LogP contribution < -0.4 is 14.2 Å². The standard InChI is InChI=1S/C20H20Cl4O3S/c1-25-14-4-6-16(7-5-14)28-11-3-2-9-27-20-17(21)12-15(13-18(20)22)26-10-8-19(23)24/h4-8,12-13H,2-3,9-11H2,1H3. The Morgan fingerprint density at radius 3 is 2.25 bits per heavy atom. The maximum absolute atomic E-state index is 6.25. The molecule has 28 heavy (non-hydrogen) atoms. The number of methoxy groups -OCH3 is 1. The fourth-order valence-corrected chi connectivity index (χ4v) is 3.81. The molecule has 0 amide bonds. The predicted molar refractivity (Wildman–Crippen MR) is 120 cm³/mol. The highest BCUT2D eigenvalue weighted by molar-refractivity contribution is 7.99. The molecule has 0 aliphatic carbocycles. The maximum atomic E-state index is 6.25. The van der Waals surface area contributed by atoms with E-state index in [9.17, 15) is 0 Å². The van der Waals surface area contributed by atoms with Crippen LogP contribution in [0.1, 0.15) is 12.8 Å². The van der Waals surface area contributed by atoms with Gasteiger partial charge in [0, 0.05) is 17.0 Å². The topological polar surface area (TPSA) is 27.7 Å². The zero-order valence-corrected chi connectivity index (χ0v) is 19.1. The molecule has 2 aromatic rings. The van der Waals surface area contributed by atoms with Crippen LogP contribution in [0.2, 0.25) is 10.0 Å². The van der Waals surface area contributed by atoms with Gasteiger partial charge in [-0.05, 0) is 48.9 Å². The molecule has 0 aromatic heterocycles. The highest BCUT2D eigenvalue weighted by atomic mass is 35.5. The van der Waals surface area contributed by atoms with Crippen LogP contribution in [0.5, 0.6) is 17.2 Å². The Labute approximate surface area is 189 Å². The molecule has 0 heterocycles. The summed E-state index contributed by atoms with van der Waals surface area (Å²) in [6.07, 6.45) is 3.44. The molecule has 0 fully saturated rings. The summed E-state index contributed by atoms with van der Waals surface area (Å²) in [5, 5.41) is 0.798. The third-order valence-electron chi connectivity index (χ3n) is 3.57. The second kappa shape index (κ2) is 12.6. The number of hydrogen-bond donors (Lipinski definition) is 0. The molecule has 0 saturated heterocycles. The molecular weight excluding hydrogens is 462 g/mol. The van der Waals surface area contributed by atoms with Crippen molar-refractivity contribution < 1.29 is 14.2 Å². The van der Waals surface area contributed by atoms with Gasteiger partial charge in [0.2, 0.25) is 0 Å². The second-order valence-corrected chi connectivity index (χ2v) is 8.59. The number of benzene rings is 2. The average molecular weight is 482 g/mol. The van der Waals surface area contributed by atoms with E-state index >= 15 is 0 Å². The van der Waals surface area contributed by atoms with Gasteiger partial charge < -0.3 is 14.2 Å². The van der Waals surface area contributed by atoms with Gasteiger partial charge in [0.15, 0.2) is 5.75 Å². The lowest BCUT2D eigenvalue weighted by molar-refractivity contribution is 0.309. The van der Waals surface area contributed by atoms with Gasteiger partial charge in [-0.3, -0.25) is 0 Å². The summed E-state index contributed by atoms with van der Waals surface area (Å²) in [5.41, 5.74) is 0. The van der Waals surface area contributed by atoms with Gasteiger partial charge in [-0.15, -0.1) is 11.8 Å². The van der Waals surface area contributed by atoms with Crippen LogP contribution >= 0.6 is 58.2 Å². The van der Waals surface area contributed by atoms with Crippen LogP contribution in [0.15, 0.2) is 51.9 Å². The zero-order valence-electron chi connectivity index (χ0n) is 15.2. The number of unbranched alkanes of at least 4 members (excludes halogenated alkanes) is 1. The minimum Gasteiger partial charge on any atom is -0.497 e. The van der Waals surface area contributed by atoms with E-state index in [1.807, 2.05) is 12.1 Å². The number of ether oxygens (including phenoxy) is 3. The minimum atomic E-state index is 0.141. The summed E-state index contributed by atoms with van der Waals surface area (Å²) in [5.74, 6) is 2.84. The molecule has 3 nitrogen and oxygen atoms in total. The summed E-state index contributed by atoms with van der Waals surface area (Å²) < 4.78 is 16.5. The zero-order chi connectivity index (χ0) is 20.4. The van der Waals surface area contributed by atoms with Gasteiger partial charge in [0.25, 0.3) is 0 Å². The lowest BCUT2D eigenvalue weighted by atomic mass is 10.3. The Kier molecular flexibility index (Phi) is 10.5. The summed E-state index contributed by atoms with van der Waals surface area (Å²) in [7, 11) is 1.66. The summed E-state index contributed by atoms with van der Waals surface area (Å²) in [6.45, 7) is 0.758. The van der Waals surface area contributed by atoms with Crippen LogP contribution in [0.25, 0.3) is 0 Å².